The number of nitrogens with one attached hydrogen (secondary N) is 1. The second kappa shape index (κ2) is 5.59. The van der Waals surface area contributed by atoms with Crippen LogP contribution in [-0.4, -0.2) is 25.6 Å². The van der Waals surface area contributed by atoms with E-state index in [0.717, 1.165) is 16.9 Å². The molecule has 114 valence electrons. The molecule has 0 aliphatic rings. The van der Waals surface area contributed by atoms with Crippen LogP contribution in [0.5, 0.6) is 0 Å². The van der Waals surface area contributed by atoms with Gasteiger partial charge in [-0.2, -0.15) is 0 Å². The molecule has 3 heterocycles. The molecule has 0 saturated heterocycles. The Morgan fingerprint density at radius 1 is 1.41 bits per heavy atom. The van der Waals surface area contributed by atoms with E-state index in [9.17, 15) is 4.79 Å². The number of amides is 1. The molecule has 7 nitrogen and oxygen atoms in total. The second-order valence-electron chi connectivity index (χ2n) is 5.44. The number of hydrogen-bond acceptors (Lipinski definition) is 5. The first-order chi connectivity index (χ1) is 10.6. The highest BCUT2D eigenvalue weighted by Crippen LogP contribution is 2.23. The van der Waals surface area contributed by atoms with E-state index in [1.54, 1.807) is 12.3 Å². The van der Waals surface area contributed by atoms with Crippen molar-refractivity contribution in [3.05, 3.63) is 41.7 Å². The summed E-state index contributed by atoms with van der Waals surface area (Å²) in [6.45, 7) is 4.40. The van der Waals surface area contributed by atoms with Crippen molar-refractivity contribution in [3.63, 3.8) is 0 Å². The summed E-state index contributed by atoms with van der Waals surface area (Å²) in [7, 11) is 1.88. The Bertz CT molecular complexity index is 818. The van der Waals surface area contributed by atoms with E-state index >= 15 is 0 Å². The molecule has 3 aromatic rings. The van der Waals surface area contributed by atoms with Gasteiger partial charge in [-0.15, -0.1) is 0 Å². The van der Waals surface area contributed by atoms with Crippen LogP contribution in [0.3, 0.4) is 0 Å². The van der Waals surface area contributed by atoms with Crippen LogP contribution in [0.15, 0.2) is 29.2 Å². The molecule has 3 aromatic heterocycles. The van der Waals surface area contributed by atoms with Gasteiger partial charge in [-0.3, -0.25) is 4.79 Å². The van der Waals surface area contributed by atoms with Crippen LogP contribution in [0.4, 0.5) is 0 Å². The van der Waals surface area contributed by atoms with E-state index in [2.05, 4.69) is 20.4 Å². The van der Waals surface area contributed by atoms with Gasteiger partial charge in [-0.1, -0.05) is 19.0 Å². The van der Waals surface area contributed by atoms with E-state index in [1.165, 1.54) is 6.20 Å². The number of aryl methyl sites for hydroxylation is 1. The van der Waals surface area contributed by atoms with Gasteiger partial charge in [0.05, 0.1) is 23.2 Å². The molecule has 0 aliphatic heterocycles. The monoisotopic (exact) mass is 299 g/mol. The SMILES string of the molecule is CC(C)c1noc2ncc(C(=O)NCc3nccn3C)cc12. The first kappa shape index (κ1) is 14.2. The molecule has 0 saturated carbocycles. The first-order valence-corrected chi connectivity index (χ1v) is 7.06. The zero-order chi connectivity index (χ0) is 15.7. The third-order valence-electron chi connectivity index (χ3n) is 3.49. The Labute approximate surface area is 127 Å². The molecular formula is C15H17N5O2. The van der Waals surface area contributed by atoms with Gasteiger partial charge in [0.2, 0.25) is 0 Å². The van der Waals surface area contributed by atoms with Crippen molar-refractivity contribution >= 4 is 17.0 Å². The Hall–Kier alpha value is -2.70. The molecule has 0 unspecified atom stereocenters. The van der Waals surface area contributed by atoms with Crippen molar-refractivity contribution in [3.8, 4) is 0 Å². The number of nitrogens with zero attached hydrogens (tertiary/aromatic N) is 4. The van der Waals surface area contributed by atoms with Crippen LogP contribution >= 0.6 is 0 Å². The lowest BCUT2D eigenvalue weighted by Crippen LogP contribution is -2.24. The molecule has 0 fully saturated rings. The van der Waals surface area contributed by atoms with Crippen molar-refractivity contribution in [1.29, 1.82) is 0 Å². The van der Waals surface area contributed by atoms with Crippen molar-refractivity contribution in [2.75, 3.05) is 0 Å². The smallest absolute Gasteiger partial charge is 0.257 e. The third-order valence-corrected chi connectivity index (χ3v) is 3.49. The summed E-state index contributed by atoms with van der Waals surface area (Å²) in [6.07, 6.45) is 5.02. The highest BCUT2D eigenvalue weighted by Gasteiger charge is 2.15. The molecular weight excluding hydrogens is 282 g/mol. The third kappa shape index (κ3) is 2.57. The van der Waals surface area contributed by atoms with Crippen LogP contribution in [0.25, 0.3) is 11.1 Å². The maximum Gasteiger partial charge on any atom is 0.257 e. The summed E-state index contributed by atoms with van der Waals surface area (Å²) >= 11 is 0. The largest absolute Gasteiger partial charge is 0.345 e. The lowest BCUT2D eigenvalue weighted by atomic mass is 10.1. The van der Waals surface area contributed by atoms with E-state index < -0.39 is 0 Å². The minimum Gasteiger partial charge on any atom is -0.345 e. The summed E-state index contributed by atoms with van der Waals surface area (Å²) < 4.78 is 7.03. The summed E-state index contributed by atoms with van der Waals surface area (Å²) in [5.74, 6) is 0.789. The van der Waals surface area contributed by atoms with E-state index in [4.69, 9.17) is 4.52 Å². The lowest BCUT2D eigenvalue weighted by molar-refractivity contribution is 0.0949. The number of pyridine rings is 1. The van der Waals surface area contributed by atoms with Gasteiger partial charge in [0.1, 0.15) is 5.82 Å². The van der Waals surface area contributed by atoms with Gasteiger partial charge < -0.3 is 14.4 Å². The lowest BCUT2D eigenvalue weighted by Gasteiger charge is -2.05. The Morgan fingerprint density at radius 3 is 2.91 bits per heavy atom. The minimum absolute atomic E-state index is 0.201. The van der Waals surface area contributed by atoms with E-state index in [-0.39, 0.29) is 11.8 Å². The Balaban J connectivity index is 1.81. The van der Waals surface area contributed by atoms with Crippen LogP contribution < -0.4 is 5.32 Å². The molecule has 0 atom stereocenters. The quantitative estimate of drug-likeness (QED) is 0.796. The fraction of sp³-hybridized carbons (Fsp3) is 0.333. The van der Waals surface area contributed by atoms with Gasteiger partial charge in [-0.25, -0.2) is 9.97 Å². The number of carbonyl (C=O) groups excluding carboxylic acids is 1. The number of imidazole rings is 1. The maximum absolute atomic E-state index is 12.3. The highest BCUT2D eigenvalue weighted by molar-refractivity contribution is 5.96. The molecule has 0 spiro atoms. The average molecular weight is 299 g/mol. The molecule has 1 N–H and O–H groups in total. The van der Waals surface area contributed by atoms with Crippen molar-refractivity contribution in [2.45, 2.75) is 26.3 Å². The van der Waals surface area contributed by atoms with Gasteiger partial charge in [-0.05, 0) is 12.0 Å². The van der Waals surface area contributed by atoms with Crippen LogP contribution in [0, 0.1) is 0 Å². The topological polar surface area (TPSA) is 85.8 Å². The van der Waals surface area contributed by atoms with Gasteiger partial charge in [0.15, 0.2) is 0 Å². The van der Waals surface area contributed by atoms with Gasteiger partial charge in [0, 0.05) is 25.6 Å². The summed E-state index contributed by atoms with van der Waals surface area (Å²) in [5, 5.41) is 7.62. The minimum atomic E-state index is -0.201. The predicted octanol–water partition coefficient (Wildman–Crippen LogP) is 2.01. The van der Waals surface area contributed by atoms with Gasteiger partial charge in [0.25, 0.3) is 11.6 Å². The number of rotatable bonds is 4. The second-order valence-corrected chi connectivity index (χ2v) is 5.44. The predicted molar refractivity (Wildman–Crippen MR) is 80.3 cm³/mol. The zero-order valence-corrected chi connectivity index (χ0v) is 12.7. The number of fused-ring (bicyclic) bond motifs is 1. The molecule has 0 aliphatic carbocycles. The molecule has 3 rings (SSSR count). The standard InChI is InChI=1S/C15H17N5O2/c1-9(2)13-11-6-10(7-18-15(11)22-19-13)14(21)17-8-12-16-4-5-20(12)3/h4-7,9H,8H2,1-3H3,(H,17,21). The maximum atomic E-state index is 12.3. The molecule has 1 amide bonds. The van der Waals surface area contributed by atoms with Crippen LogP contribution in [-0.2, 0) is 13.6 Å². The van der Waals surface area contributed by atoms with Crippen LogP contribution in [0.1, 0.15) is 41.6 Å². The first-order valence-electron chi connectivity index (χ1n) is 7.06. The molecule has 0 radical (unpaired) electrons. The fourth-order valence-electron chi connectivity index (χ4n) is 2.22. The number of aromatic nitrogens is 4. The summed E-state index contributed by atoms with van der Waals surface area (Å²) in [4.78, 5) is 20.6. The van der Waals surface area contributed by atoms with Gasteiger partial charge >= 0.3 is 0 Å². The van der Waals surface area contributed by atoms with Crippen LogP contribution in [0.2, 0.25) is 0 Å². The van der Waals surface area contributed by atoms with E-state index in [1.807, 2.05) is 31.7 Å². The van der Waals surface area contributed by atoms with Crippen molar-refractivity contribution in [2.24, 2.45) is 7.05 Å². The number of hydrogen-bond donors (Lipinski definition) is 1. The molecule has 0 aromatic carbocycles. The Morgan fingerprint density at radius 2 is 2.23 bits per heavy atom. The molecule has 7 heteroatoms. The molecule has 0 bridgehead atoms. The molecule has 22 heavy (non-hydrogen) atoms. The van der Waals surface area contributed by atoms with E-state index in [0.29, 0.717) is 17.8 Å². The number of carbonyl (C=O) groups is 1. The van der Waals surface area contributed by atoms with Crippen molar-refractivity contribution in [1.82, 2.24) is 25.0 Å². The summed E-state index contributed by atoms with van der Waals surface area (Å²) in [6, 6.07) is 1.77. The zero-order valence-electron chi connectivity index (χ0n) is 12.7. The fourth-order valence-corrected chi connectivity index (χ4v) is 2.22. The summed E-state index contributed by atoms with van der Waals surface area (Å²) in [5.41, 5.74) is 1.73. The Kier molecular flexibility index (Phi) is 3.62. The highest BCUT2D eigenvalue weighted by atomic mass is 16.5. The normalized spacial score (nSPS) is 11.3. The average Bonchev–Trinajstić information content (AvgIpc) is 3.10. The van der Waals surface area contributed by atoms with Crippen molar-refractivity contribution < 1.29 is 9.32 Å².